The monoisotopic (exact) mass is 195 g/mol. The first-order valence-corrected chi connectivity index (χ1v) is 3.37. The molecular formula is C6H8F3N3O. The van der Waals surface area contributed by atoms with Crippen LogP contribution in [0.5, 0.6) is 0 Å². The number of aromatic nitrogens is 2. The molecule has 0 amide bonds. The Kier molecular flexibility index (Phi) is 2.31. The number of nitrogens with two attached hydrogens (primary N) is 1. The normalized spacial score (nSPS) is 14.6. The minimum Gasteiger partial charge on any atom is -0.373 e. The van der Waals surface area contributed by atoms with E-state index < -0.39 is 18.1 Å². The van der Waals surface area contributed by atoms with Gasteiger partial charge in [-0.3, -0.25) is 4.68 Å². The molecule has 0 saturated heterocycles. The molecule has 0 spiro atoms. The summed E-state index contributed by atoms with van der Waals surface area (Å²) in [6.45, 7) is 0. The quantitative estimate of drug-likeness (QED) is 0.637. The first-order chi connectivity index (χ1) is 5.82. The van der Waals surface area contributed by atoms with Gasteiger partial charge in [0.05, 0.1) is 0 Å². The third kappa shape index (κ3) is 1.99. The van der Waals surface area contributed by atoms with Crippen LogP contribution in [0.1, 0.15) is 17.6 Å². The second kappa shape index (κ2) is 3.00. The number of nitrogens with zero attached hydrogens (tertiary/aromatic N) is 2. The van der Waals surface area contributed by atoms with Crippen LogP contribution in [0.15, 0.2) is 6.07 Å². The van der Waals surface area contributed by atoms with Crippen molar-refractivity contribution in [2.75, 3.05) is 0 Å². The molecule has 1 aromatic heterocycles. The molecule has 0 fully saturated rings. The lowest BCUT2D eigenvalue weighted by molar-refractivity contribution is -0.143. The van der Waals surface area contributed by atoms with E-state index in [2.05, 4.69) is 5.10 Å². The van der Waals surface area contributed by atoms with E-state index in [1.165, 1.54) is 0 Å². The van der Waals surface area contributed by atoms with Gasteiger partial charge in [0.2, 0.25) is 0 Å². The first-order valence-electron chi connectivity index (χ1n) is 3.37. The summed E-state index contributed by atoms with van der Waals surface area (Å²) in [7, 11) is 1.13. The summed E-state index contributed by atoms with van der Waals surface area (Å²) in [5, 5.41) is 12.2. The Morgan fingerprint density at radius 3 is 2.38 bits per heavy atom. The van der Waals surface area contributed by atoms with Gasteiger partial charge in [-0.15, -0.1) is 0 Å². The number of halogens is 3. The molecule has 0 aliphatic carbocycles. The minimum atomic E-state index is -4.48. The van der Waals surface area contributed by atoms with E-state index in [0.717, 1.165) is 7.05 Å². The van der Waals surface area contributed by atoms with Gasteiger partial charge in [-0.05, 0) is 6.07 Å². The van der Waals surface area contributed by atoms with Gasteiger partial charge < -0.3 is 10.8 Å². The largest absolute Gasteiger partial charge is 0.433 e. The summed E-state index contributed by atoms with van der Waals surface area (Å²) in [5.74, 6) is 0. The van der Waals surface area contributed by atoms with E-state index in [4.69, 9.17) is 10.8 Å². The van der Waals surface area contributed by atoms with Crippen LogP contribution in [-0.4, -0.2) is 14.9 Å². The van der Waals surface area contributed by atoms with Crippen LogP contribution >= 0.6 is 0 Å². The summed E-state index contributed by atoms with van der Waals surface area (Å²) >= 11 is 0. The molecule has 0 bridgehead atoms. The highest BCUT2D eigenvalue weighted by Gasteiger charge is 2.35. The van der Waals surface area contributed by atoms with Crippen molar-refractivity contribution in [3.05, 3.63) is 17.5 Å². The van der Waals surface area contributed by atoms with E-state index in [0.29, 0.717) is 10.7 Å². The zero-order chi connectivity index (χ0) is 10.2. The highest BCUT2D eigenvalue weighted by molar-refractivity contribution is 5.14. The number of hydrogen-bond acceptors (Lipinski definition) is 3. The molecule has 1 rings (SSSR count). The van der Waals surface area contributed by atoms with Crippen LogP contribution in [0.2, 0.25) is 0 Å². The van der Waals surface area contributed by atoms with Crippen LogP contribution in [0, 0.1) is 0 Å². The van der Waals surface area contributed by atoms with E-state index in [1.807, 2.05) is 0 Å². The number of aliphatic hydroxyl groups excluding tert-OH is 1. The summed E-state index contributed by atoms with van der Waals surface area (Å²) in [6, 6.07) is 0.713. The third-order valence-electron chi connectivity index (χ3n) is 1.49. The Morgan fingerprint density at radius 2 is 2.15 bits per heavy atom. The fourth-order valence-corrected chi connectivity index (χ4v) is 0.899. The van der Waals surface area contributed by atoms with Crippen LogP contribution < -0.4 is 5.73 Å². The van der Waals surface area contributed by atoms with Gasteiger partial charge in [0.25, 0.3) is 0 Å². The maximum atomic E-state index is 12.1. The van der Waals surface area contributed by atoms with E-state index in [1.54, 1.807) is 0 Å². The Bertz CT molecular complexity index is 305. The molecule has 7 heteroatoms. The lowest BCUT2D eigenvalue weighted by Gasteiger charge is -2.04. The molecule has 1 unspecified atom stereocenters. The first kappa shape index (κ1) is 10.0. The summed E-state index contributed by atoms with van der Waals surface area (Å²) in [4.78, 5) is 0. The van der Waals surface area contributed by atoms with E-state index >= 15 is 0 Å². The van der Waals surface area contributed by atoms with Gasteiger partial charge in [-0.2, -0.15) is 18.3 Å². The number of rotatable bonds is 1. The van der Waals surface area contributed by atoms with Gasteiger partial charge in [0, 0.05) is 7.05 Å². The highest BCUT2D eigenvalue weighted by Crippen LogP contribution is 2.29. The third-order valence-corrected chi connectivity index (χ3v) is 1.49. The van der Waals surface area contributed by atoms with Gasteiger partial charge in [0.15, 0.2) is 0 Å². The van der Waals surface area contributed by atoms with Crippen molar-refractivity contribution in [3.63, 3.8) is 0 Å². The zero-order valence-corrected chi connectivity index (χ0v) is 6.71. The summed E-state index contributed by atoms with van der Waals surface area (Å²) in [6.07, 6.45) is -5.96. The minimum absolute atomic E-state index is 0.199. The molecule has 3 N–H and O–H groups in total. The number of aliphatic hydroxyl groups is 1. The van der Waals surface area contributed by atoms with Crippen molar-refractivity contribution < 1.29 is 18.3 Å². The molecule has 0 saturated carbocycles. The van der Waals surface area contributed by atoms with Crippen molar-refractivity contribution in [1.82, 2.24) is 9.78 Å². The molecule has 1 aromatic rings. The molecule has 1 heterocycles. The summed E-state index contributed by atoms with van der Waals surface area (Å²) < 4.78 is 37.1. The van der Waals surface area contributed by atoms with Gasteiger partial charge >= 0.3 is 6.18 Å². The van der Waals surface area contributed by atoms with E-state index in [-0.39, 0.29) is 5.69 Å². The summed E-state index contributed by atoms with van der Waals surface area (Å²) in [5.41, 5.74) is 3.81. The Balaban J connectivity index is 3.11. The average Bonchev–Trinajstić information content (AvgIpc) is 2.29. The predicted octanol–water partition coefficient (Wildman–Crippen LogP) is 0.389. The average molecular weight is 195 g/mol. The van der Waals surface area contributed by atoms with Crippen molar-refractivity contribution in [1.29, 1.82) is 0 Å². The van der Waals surface area contributed by atoms with Gasteiger partial charge in [0.1, 0.15) is 17.6 Å². The van der Waals surface area contributed by atoms with Crippen molar-refractivity contribution in [3.8, 4) is 0 Å². The number of aryl methyl sites for hydroxylation is 1. The lowest BCUT2D eigenvalue weighted by atomic mass is 10.3. The van der Waals surface area contributed by atoms with Crippen LogP contribution in [0.3, 0.4) is 0 Å². The number of alkyl halides is 3. The van der Waals surface area contributed by atoms with Crippen molar-refractivity contribution >= 4 is 0 Å². The predicted molar refractivity (Wildman–Crippen MR) is 37.4 cm³/mol. The van der Waals surface area contributed by atoms with Gasteiger partial charge in [-0.25, -0.2) is 0 Å². The molecule has 1 atom stereocenters. The Morgan fingerprint density at radius 1 is 1.62 bits per heavy atom. The topological polar surface area (TPSA) is 64.1 Å². The molecular weight excluding hydrogens is 187 g/mol. The molecule has 0 aliphatic rings. The van der Waals surface area contributed by atoms with Crippen LogP contribution in [0.25, 0.3) is 0 Å². The zero-order valence-electron chi connectivity index (χ0n) is 6.71. The smallest absolute Gasteiger partial charge is 0.373 e. The SMILES string of the molecule is Cn1nc(C(N)O)cc1C(F)(F)F. The highest BCUT2D eigenvalue weighted by atomic mass is 19.4. The molecule has 13 heavy (non-hydrogen) atoms. The molecule has 0 aromatic carbocycles. The molecule has 0 radical (unpaired) electrons. The molecule has 4 nitrogen and oxygen atoms in total. The van der Waals surface area contributed by atoms with Gasteiger partial charge in [-0.1, -0.05) is 0 Å². The van der Waals surface area contributed by atoms with Crippen LogP contribution in [0.4, 0.5) is 13.2 Å². The van der Waals surface area contributed by atoms with E-state index in [9.17, 15) is 13.2 Å². The van der Waals surface area contributed by atoms with Crippen LogP contribution in [-0.2, 0) is 13.2 Å². The lowest BCUT2D eigenvalue weighted by Crippen LogP contribution is -2.11. The fourth-order valence-electron chi connectivity index (χ4n) is 0.899. The standard InChI is InChI=1S/C6H8F3N3O/c1-12-4(6(7,8)9)2-3(11-12)5(10)13/h2,5,13H,10H2,1H3. The second-order valence-electron chi connectivity index (χ2n) is 2.52. The molecule has 0 aliphatic heterocycles. The van der Waals surface area contributed by atoms with Crippen molar-refractivity contribution in [2.45, 2.75) is 12.4 Å². The molecule has 74 valence electrons. The fraction of sp³-hybridized carbons (Fsp3) is 0.500. The number of hydrogen-bond donors (Lipinski definition) is 2. The maximum Gasteiger partial charge on any atom is 0.433 e. The maximum absolute atomic E-state index is 12.1. The van der Waals surface area contributed by atoms with Crippen molar-refractivity contribution in [2.24, 2.45) is 12.8 Å². The Hall–Kier alpha value is -1.08. The Labute approximate surface area is 71.8 Å². The second-order valence-corrected chi connectivity index (χ2v) is 2.52.